The van der Waals surface area contributed by atoms with E-state index in [1.165, 1.54) is 43.6 Å². The van der Waals surface area contributed by atoms with E-state index in [4.69, 9.17) is 24.2 Å². The van der Waals surface area contributed by atoms with Gasteiger partial charge in [0.05, 0.1) is 0 Å². The van der Waals surface area contributed by atoms with Gasteiger partial charge in [-0.1, -0.05) is 13.0 Å². The molecule has 0 amide bonds. The molecule has 1 aromatic heterocycles. The predicted molar refractivity (Wildman–Crippen MR) is 101 cm³/mol. The molecule has 3 rings (SSSR count). The van der Waals surface area contributed by atoms with Gasteiger partial charge in [0.1, 0.15) is 0 Å². The maximum atomic E-state index is 8.88. The number of nitrogens with zero attached hydrogens (tertiary/aromatic N) is 3. The predicted octanol–water partition coefficient (Wildman–Crippen LogP) is 1.74. The molecule has 2 atom stereocenters. The summed E-state index contributed by atoms with van der Waals surface area (Å²) >= 11 is 0. The lowest BCUT2D eigenvalue weighted by atomic mass is 9.77. The number of anilines is 1. The number of nitrogens with one attached hydrogen (secondary N) is 1. The first-order chi connectivity index (χ1) is 12.3. The fraction of sp³-hybridized carbons (Fsp3) is 0.647. The third-order valence-electron chi connectivity index (χ3n) is 4.79. The van der Waals surface area contributed by atoms with Gasteiger partial charge in [-0.3, -0.25) is 4.90 Å². The molecular weight excluding hydrogens is 355 g/mol. The van der Waals surface area contributed by atoms with Gasteiger partial charge in [0.2, 0.25) is 5.95 Å². The maximum Gasteiger partial charge on any atom is 0.466 e. The normalized spacial score (nSPS) is 22.5. The van der Waals surface area contributed by atoms with Crippen LogP contribution in [0.15, 0.2) is 18.9 Å². The Kier molecular flexibility index (Phi) is 7.73. The van der Waals surface area contributed by atoms with Crippen molar-refractivity contribution in [2.45, 2.75) is 45.1 Å². The first kappa shape index (κ1) is 21.0. The van der Waals surface area contributed by atoms with Gasteiger partial charge < -0.3 is 20.0 Å². The summed E-state index contributed by atoms with van der Waals surface area (Å²) in [7, 11) is -4.64. The second-order valence-electron chi connectivity index (χ2n) is 6.76. The topological polar surface area (TPSA) is 119 Å². The van der Waals surface area contributed by atoms with E-state index >= 15 is 0 Å². The van der Waals surface area contributed by atoms with E-state index in [9.17, 15) is 0 Å². The van der Waals surface area contributed by atoms with Crippen molar-refractivity contribution in [3.63, 3.8) is 0 Å². The summed E-state index contributed by atoms with van der Waals surface area (Å²) in [6.07, 6.45) is 10.0. The van der Waals surface area contributed by atoms with Gasteiger partial charge in [0, 0.05) is 24.5 Å². The molecule has 0 spiro atoms. The number of likely N-dealkylation sites (tertiary alicyclic amines) is 1. The van der Waals surface area contributed by atoms with E-state index in [1.54, 1.807) is 0 Å². The van der Waals surface area contributed by atoms with Crippen molar-refractivity contribution < 1.29 is 19.2 Å². The Morgan fingerprint density at radius 3 is 2.81 bits per heavy atom. The Bertz CT molecular complexity index is 641. The van der Waals surface area contributed by atoms with Crippen LogP contribution in [0.25, 0.3) is 0 Å². The summed E-state index contributed by atoms with van der Waals surface area (Å²) in [6.45, 7) is 9.22. The smallest absolute Gasteiger partial charge is 0.351 e. The highest BCUT2D eigenvalue weighted by Crippen LogP contribution is 2.34. The van der Waals surface area contributed by atoms with E-state index in [0.29, 0.717) is 6.04 Å². The highest BCUT2D eigenvalue weighted by atomic mass is 31.2. The fourth-order valence-electron chi connectivity index (χ4n) is 3.82. The van der Waals surface area contributed by atoms with Crippen LogP contribution in [-0.2, 0) is 17.4 Å². The van der Waals surface area contributed by atoms with E-state index in [0.717, 1.165) is 31.3 Å². The lowest BCUT2D eigenvalue weighted by Gasteiger charge is -2.44. The van der Waals surface area contributed by atoms with Crippen LogP contribution < -0.4 is 5.32 Å². The summed E-state index contributed by atoms with van der Waals surface area (Å²) in [6, 6.07) is 0.710. The van der Waals surface area contributed by atoms with Gasteiger partial charge in [-0.25, -0.2) is 14.5 Å². The number of aromatic nitrogens is 2. The number of fused-ring (bicyclic) bond motifs is 2. The molecule has 146 valence electrons. The first-order valence-electron chi connectivity index (χ1n) is 9.03. The summed E-state index contributed by atoms with van der Waals surface area (Å²) in [5.74, 6) is 1.52. The second-order valence-corrected chi connectivity index (χ2v) is 7.79. The highest BCUT2D eigenvalue weighted by molar-refractivity contribution is 7.45. The van der Waals surface area contributed by atoms with Crippen LogP contribution in [0.5, 0.6) is 0 Å². The van der Waals surface area contributed by atoms with Crippen molar-refractivity contribution in [1.82, 2.24) is 14.9 Å². The van der Waals surface area contributed by atoms with Crippen molar-refractivity contribution in [1.29, 1.82) is 0 Å². The minimum atomic E-state index is -4.64. The molecule has 1 fully saturated rings. The van der Waals surface area contributed by atoms with Crippen LogP contribution >= 0.6 is 7.82 Å². The third kappa shape index (κ3) is 6.45. The van der Waals surface area contributed by atoms with E-state index in [2.05, 4.69) is 28.7 Å². The minimum Gasteiger partial charge on any atom is -0.351 e. The second kappa shape index (κ2) is 9.58. The molecule has 26 heavy (non-hydrogen) atoms. The highest BCUT2D eigenvalue weighted by Gasteiger charge is 2.35. The lowest BCUT2D eigenvalue weighted by Crippen LogP contribution is -2.49. The maximum absolute atomic E-state index is 8.88. The zero-order chi connectivity index (χ0) is 19.2. The summed E-state index contributed by atoms with van der Waals surface area (Å²) in [4.78, 5) is 33.4. The molecule has 1 aromatic rings. The first-order valence-corrected chi connectivity index (χ1v) is 10.6. The summed E-state index contributed by atoms with van der Waals surface area (Å²) < 4.78 is 8.88. The number of rotatable bonds is 5. The van der Waals surface area contributed by atoms with Crippen molar-refractivity contribution in [2.75, 3.05) is 25.0 Å². The summed E-state index contributed by atoms with van der Waals surface area (Å²) in [5, 5.41) is 3.19. The van der Waals surface area contributed by atoms with Gasteiger partial charge in [0.25, 0.3) is 0 Å². The van der Waals surface area contributed by atoms with Crippen molar-refractivity contribution in [2.24, 2.45) is 5.92 Å². The van der Waals surface area contributed by atoms with E-state index in [1.807, 2.05) is 12.3 Å². The molecule has 0 radical (unpaired) electrons. The largest absolute Gasteiger partial charge is 0.466 e. The quantitative estimate of drug-likeness (QED) is 0.448. The third-order valence-corrected chi connectivity index (χ3v) is 4.79. The molecule has 1 saturated heterocycles. The Balaban J connectivity index is 0.000000431. The molecule has 4 N–H and O–H groups in total. The molecule has 2 aliphatic rings. The average molecular weight is 384 g/mol. The van der Waals surface area contributed by atoms with Gasteiger partial charge in [0.15, 0.2) is 0 Å². The van der Waals surface area contributed by atoms with Gasteiger partial charge in [-0.05, 0) is 56.7 Å². The van der Waals surface area contributed by atoms with Crippen LogP contribution in [-0.4, -0.2) is 55.2 Å². The van der Waals surface area contributed by atoms with Crippen molar-refractivity contribution in [3.05, 3.63) is 30.1 Å². The number of hydrogen-bond donors (Lipinski definition) is 4. The van der Waals surface area contributed by atoms with Crippen LogP contribution in [0.3, 0.4) is 0 Å². The molecular formula is C17H29N4O4P. The number of hydrogen-bond acceptors (Lipinski definition) is 5. The van der Waals surface area contributed by atoms with Crippen molar-refractivity contribution in [3.8, 4) is 0 Å². The fourth-order valence-corrected chi connectivity index (χ4v) is 3.82. The molecule has 0 saturated carbocycles. The minimum absolute atomic E-state index is 0.710. The van der Waals surface area contributed by atoms with Gasteiger partial charge in [-0.15, -0.1) is 6.58 Å². The Morgan fingerprint density at radius 1 is 1.42 bits per heavy atom. The molecule has 9 heteroatoms. The molecule has 2 heterocycles. The monoisotopic (exact) mass is 384 g/mol. The van der Waals surface area contributed by atoms with Crippen LogP contribution in [0.4, 0.5) is 5.95 Å². The molecule has 1 aliphatic heterocycles. The Hall–Kier alpha value is -1.31. The zero-order valence-electron chi connectivity index (χ0n) is 15.2. The Morgan fingerprint density at radius 2 is 2.15 bits per heavy atom. The molecule has 0 bridgehead atoms. The lowest BCUT2D eigenvalue weighted by molar-refractivity contribution is 0.0845. The molecule has 0 aromatic carbocycles. The molecule has 8 nitrogen and oxygen atoms in total. The van der Waals surface area contributed by atoms with Crippen LogP contribution in [0.1, 0.15) is 37.4 Å². The van der Waals surface area contributed by atoms with E-state index in [-0.39, 0.29) is 0 Å². The Labute approximate surface area is 154 Å². The molecule has 1 aliphatic carbocycles. The van der Waals surface area contributed by atoms with Gasteiger partial charge in [-0.2, -0.15) is 0 Å². The summed E-state index contributed by atoms with van der Waals surface area (Å²) in [5.41, 5.74) is 2.61. The molecule has 1 unspecified atom stereocenters. The standard InChI is InChI=1S/C17H26N4.H3O4P/c1-3-7-18-17-19-12-14-11-16-13(10-15(14)20-17)6-5-9-21(16)8-4-2;1-5(2,3)4/h3,12-13,16H,1,4-11H2,2H3,(H,18,19,20);(H3,1,2,3,4)/t13-,16?;/m0./s1. The van der Waals surface area contributed by atoms with Crippen LogP contribution in [0.2, 0.25) is 0 Å². The number of phosphoric acid groups is 1. The average Bonchev–Trinajstić information content (AvgIpc) is 2.57. The van der Waals surface area contributed by atoms with Crippen LogP contribution in [0, 0.1) is 5.92 Å². The SMILES string of the molecule is C=CCNc1ncc2c(n1)C[C@@H]1CCCN(CCC)C1C2.O=P(O)(O)O. The van der Waals surface area contributed by atoms with Crippen molar-refractivity contribution >= 4 is 13.8 Å². The van der Waals surface area contributed by atoms with E-state index < -0.39 is 7.82 Å². The zero-order valence-corrected chi connectivity index (χ0v) is 16.1. The number of piperidine rings is 1. The van der Waals surface area contributed by atoms with Gasteiger partial charge >= 0.3 is 7.82 Å².